The first-order valence-electron chi connectivity index (χ1n) is 25.0. The minimum atomic E-state index is -0.0509. The third-order valence-corrected chi connectivity index (χ3v) is 15.6. The van der Waals surface area contributed by atoms with Crippen LogP contribution in [-0.4, -0.2) is 216 Å². The van der Waals surface area contributed by atoms with Crippen molar-refractivity contribution in [3.8, 4) is 0 Å². The predicted molar refractivity (Wildman–Crippen MR) is 275 cm³/mol. The maximum Gasteiger partial charge on any atom is 0.320 e. The average molecular weight is 1010 g/mol. The van der Waals surface area contributed by atoms with Gasteiger partial charge in [-0.1, -0.05) is 20.8 Å². The van der Waals surface area contributed by atoms with Gasteiger partial charge in [-0.25, -0.2) is 39.6 Å². The minimum Gasteiger partial charge on any atom is -0.334 e. The van der Waals surface area contributed by atoms with Crippen LogP contribution in [0.5, 0.6) is 0 Å². The first-order valence-corrected chi connectivity index (χ1v) is 25.0. The summed E-state index contributed by atoms with van der Waals surface area (Å²) in [7, 11) is 14.7. The van der Waals surface area contributed by atoms with Gasteiger partial charge in [-0.2, -0.15) is 11.0 Å². The molecule has 0 aromatic carbocycles. The van der Waals surface area contributed by atoms with Crippen molar-refractivity contribution in [2.24, 2.45) is 17.8 Å². The van der Waals surface area contributed by atoms with Gasteiger partial charge in [0, 0.05) is 111 Å². The molecule has 412 valence electrons. The summed E-state index contributed by atoms with van der Waals surface area (Å²) in [6.07, 6.45) is 0. The van der Waals surface area contributed by atoms with Crippen LogP contribution in [0.3, 0.4) is 0 Å². The molecule has 8 fully saturated rings. The van der Waals surface area contributed by atoms with E-state index in [0.717, 1.165) is 0 Å². The molecular weight excluding hydrogens is 917 g/mol. The largest absolute Gasteiger partial charge is 0.334 e. The number of hydrazine groups is 3. The molecule has 8 aliphatic rings. The summed E-state index contributed by atoms with van der Waals surface area (Å²) in [5.41, 5.74) is 11.2. The van der Waals surface area contributed by atoms with E-state index in [0.29, 0.717) is 66.5 Å². The van der Waals surface area contributed by atoms with Crippen LogP contribution >= 0.6 is 0 Å². The Bertz CT molecular complexity index is 1600. The fraction of sp³-hybridized carbons (Fsp3) is 0.851. The molecule has 0 aliphatic carbocycles. The van der Waals surface area contributed by atoms with Crippen LogP contribution in [0.2, 0.25) is 0 Å². The quantitative estimate of drug-likeness (QED) is 0.173. The molecule has 8 saturated heterocycles. The molecule has 8 aliphatic heterocycles. The zero-order valence-electron chi connectivity index (χ0n) is 47.6. The van der Waals surface area contributed by atoms with Gasteiger partial charge in [0.1, 0.15) is 0 Å². The molecule has 11 amide bonds. The van der Waals surface area contributed by atoms with Crippen LogP contribution < -0.4 is 43.1 Å². The molecule has 8 N–H and O–H groups in total. The Labute approximate surface area is 425 Å². The van der Waals surface area contributed by atoms with E-state index < -0.39 is 0 Å². The Morgan fingerprint density at radius 3 is 0.901 bits per heavy atom. The number of hydrogen-bond donors (Lipinski definition) is 8. The summed E-state index contributed by atoms with van der Waals surface area (Å²) < 4.78 is 0. The summed E-state index contributed by atoms with van der Waals surface area (Å²) >= 11 is 0. The predicted octanol–water partition coefficient (Wildman–Crippen LogP) is 1.78. The molecule has 24 nitrogen and oxygen atoms in total. The van der Waals surface area contributed by atoms with Gasteiger partial charge in [0.05, 0.1) is 41.9 Å². The van der Waals surface area contributed by atoms with E-state index in [1.165, 1.54) is 0 Å². The molecule has 71 heavy (non-hydrogen) atoms. The van der Waals surface area contributed by atoms with Crippen molar-refractivity contribution in [1.29, 1.82) is 0 Å². The highest BCUT2D eigenvalue weighted by atomic mass is 16.8. The number of hydrogen-bond acceptors (Lipinski definition) is 13. The number of amides is 11. The maximum atomic E-state index is 11.2. The Kier molecular flexibility index (Phi) is 25.8. The van der Waals surface area contributed by atoms with Gasteiger partial charge >= 0.3 is 24.1 Å². The van der Waals surface area contributed by atoms with E-state index in [4.69, 9.17) is 0 Å². The van der Waals surface area contributed by atoms with Crippen LogP contribution in [0.4, 0.5) is 19.2 Å². The summed E-state index contributed by atoms with van der Waals surface area (Å²) in [5.74, 6) is 0.947. The van der Waals surface area contributed by atoms with Gasteiger partial charge in [0.15, 0.2) is 0 Å². The maximum absolute atomic E-state index is 11.2. The fourth-order valence-electron chi connectivity index (χ4n) is 7.43. The van der Waals surface area contributed by atoms with Crippen LogP contribution in [-0.2, 0) is 19.3 Å². The Hall–Kier alpha value is -4.75. The average Bonchev–Trinajstić information content (AvgIpc) is 4.14. The molecule has 16 atom stereocenters. The van der Waals surface area contributed by atoms with Crippen molar-refractivity contribution in [3.63, 3.8) is 0 Å². The number of rotatable bonds is 0. The Morgan fingerprint density at radius 1 is 0.394 bits per heavy atom. The van der Waals surface area contributed by atoms with E-state index in [2.05, 4.69) is 82.6 Å². The van der Waals surface area contributed by atoms with Gasteiger partial charge in [-0.15, -0.1) is 0 Å². The van der Waals surface area contributed by atoms with Crippen LogP contribution in [0.25, 0.3) is 0 Å². The Balaban J connectivity index is 0.000000406. The second-order valence-electron chi connectivity index (χ2n) is 20.5. The van der Waals surface area contributed by atoms with Crippen molar-refractivity contribution < 1.29 is 38.5 Å². The molecule has 0 aromatic heterocycles. The van der Waals surface area contributed by atoms with Crippen molar-refractivity contribution in [2.45, 2.75) is 189 Å². The molecule has 0 bridgehead atoms. The smallest absolute Gasteiger partial charge is 0.320 e. The topological polar surface area (TPSA) is 251 Å². The monoisotopic (exact) mass is 1010 g/mol. The highest BCUT2D eigenvalue weighted by molar-refractivity contribution is 5.81. The van der Waals surface area contributed by atoms with Gasteiger partial charge < -0.3 is 40.9 Å². The second kappa shape index (κ2) is 28.5. The molecule has 0 saturated carbocycles. The van der Waals surface area contributed by atoms with E-state index in [-0.39, 0.29) is 71.7 Å². The van der Waals surface area contributed by atoms with Gasteiger partial charge in [0.2, 0.25) is 17.7 Å². The van der Waals surface area contributed by atoms with Gasteiger partial charge in [-0.05, 0) is 90.0 Å². The van der Waals surface area contributed by atoms with Crippen LogP contribution in [0.15, 0.2) is 0 Å². The summed E-state index contributed by atoms with van der Waals surface area (Å²) in [6.45, 7) is 32.2. The first-order chi connectivity index (χ1) is 32.6. The summed E-state index contributed by atoms with van der Waals surface area (Å²) in [4.78, 5) is 87.9. The van der Waals surface area contributed by atoms with E-state index in [9.17, 15) is 33.6 Å². The van der Waals surface area contributed by atoms with Crippen molar-refractivity contribution >= 4 is 41.8 Å². The van der Waals surface area contributed by atoms with Crippen molar-refractivity contribution in [3.05, 3.63) is 0 Å². The molecule has 16 unspecified atom stereocenters. The zero-order valence-corrected chi connectivity index (χ0v) is 47.6. The first kappa shape index (κ1) is 64.3. The lowest BCUT2D eigenvalue weighted by Crippen LogP contribution is -2.35. The highest BCUT2D eigenvalue weighted by Gasteiger charge is 2.38. The van der Waals surface area contributed by atoms with Crippen molar-refractivity contribution in [1.82, 2.24) is 82.7 Å². The third kappa shape index (κ3) is 17.8. The third-order valence-electron chi connectivity index (χ3n) is 15.6. The van der Waals surface area contributed by atoms with Crippen molar-refractivity contribution in [2.75, 3.05) is 56.4 Å². The Morgan fingerprint density at radius 2 is 0.803 bits per heavy atom. The summed E-state index contributed by atoms with van der Waals surface area (Å²) in [6, 6.07) is 4.48. The highest BCUT2D eigenvalue weighted by Crippen LogP contribution is 2.21. The molecule has 8 rings (SSSR count). The number of nitrogens with zero attached hydrogens (tertiary/aromatic N) is 8. The minimum absolute atomic E-state index is 0.0370. The molecule has 8 heterocycles. The molecule has 0 radical (unpaired) electrons. The number of carbonyl (C=O) groups is 7. The van der Waals surface area contributed by atoms with Gasteiger partial charge in [-0.3, -0.25) is 29.8 Å². The van der Waals surface area contributed by atoms with E-state index in [1.54, 1.807) is 36.7 Å². The lowest BCUT2D eigenvalue weighted by Gasteiger charge is -2.21. The van der Waals surface area contributed by atoms with Crippen LogP contribution in [0, 0.1) is 17.8 Å². The SMILES string of the molecule is CC1C(=O)N(C)N(C)C1C.CC1C(=O)NN(C)C1C.CC1C(C)N(C)C(=O)N1C.CC1NC(=O)N(C)C1C.CC1NC(=O)N(C)C1C.CC1NC(=O)NC1C.CC1NN(C)C(=O)C1C.CC1NONC1C. The van der Waals surface area contributed by atoms with Crippen LogP contribution in [0.1, 0.15) is 111 Å². The number of urea groups is 4. The standard InChI is InChI=1S/2C7H14N2O.4C6H12N2O.C5H10N2O.C4H10N2O/c1-5-6(2)9(4)7(10)8(5)3;1-5-6(2)8(3)9(4)7(5)10;2*1-4-5(2)8(3)6(9)7-4;1-4-5(2)8(3)7-6(4)9;1-4-5(2)7-8(3)6(4)9;1-3-4(2)7-5(8)6-3;1-3-4(2)6-7-5-3/h2*5-6H,1-4H3;3*4-5H,1-3H3,(H,7,9);4-5,7H,1-3H3;3-4H,1-2H3,(H2,6,7,8);3-6H,1-2H3. The lowest BCUT2D eigenvalue weighted by atomic mass is 10.1. The summed E-state index contributed by atoms with van der Waals surface area (Å²) in [5, 5.41) is 18.1. The number of hydroxylamine groups is 2. The lowest BCUT2D eigenvalue weighted by molar-refractivity contribution is -0.136. The number of nitrogens with one attached hydrogen (secondary N) is 8. The second-order valence-corrected chi connectivity index (χ2v) is 20.5. The number of carbonyl (C=O) groups excluding carboxylic acids is 7. The molecule has 0 spiro atoms. The molecular formula is C47H96N16O8. The zero-order chi connectivity index (χ0) is 55.3. The van der Waals surface area contributed by atoms with Gasteiger partial charge in [0.25, 0.3) is 0 Å². The molecule has 24 heteroatoms. The fourth-order valence-corrected chi connectivity index (χ4v) is 7.43. The molecule has 0 aromatic rings. The number of likely N-dealkylation sites (N-methyl/N-ethyl adjacent to an activating group) is 4. The normalized spacial score (nSPS) is 36.1. The van der Waals surface area contributed by atoms with E-state index in [1.807, 2.05) is 136 Å². The van der Waals surface area contributed by atoms with E-state index >= 15 is 0 Å².